The number of rotatable bonds is 3. The number of carbonyl (C=O) groups is 2. The van der Waals surface area contributed by atoms with E-state index in [1.807, 2.05) is 19.1 Å². The van der Waals surface area contributed by atoms with Gasteiger partial charge >= 0.3 is 11.9 Å². The maximum absolute atomic E-state index is 13.1. The Morgan fingerprint density at radius 1 is 1.27 bits per heavy atom. The molecule has 5 atom stereocenters. The molecule has 0 aromatic carbocycles. The van der Waals surface area contributed by atoms with Crippen LogP contribution in [0.3, 0.4) is 0 Å². The van der Waals surface area contributed by atoms with Crippen molar-refractivity contribution in [2.24, 2.45) is 22.7 Å². The lowest BCUT2D eigenvalue weighted by Gasteiger charge is -2.59. The van der Waals surface area contributed by atoms with Crippen molar-refractivity contribution in [2.45, 2.75) is 72.5 Å². The van der Waals surface area contributed by atoms with Gasteiger partial charge in [0.25, 0.3) is 0 Å². The summed E-state index contributed by atoms with van der Waals surface area (Å²) in [4.78, 5) is 25.7. The minimum absolute atomic E-state index is 0.00367. The lowest BCUT2D eigenvalue weighted by atomic mass is 9.47. The molecule has 3 aliphatic rings. The molecule has 1 saturated heterocycles. The Morgan fingerprint density at radius 3 is 2.70 bits per heavy atom. The average Bonchev–Trinajstić information content (AvgIpc) is 3.22. The minimum Gasteiger partial charge on any atom is -0.472 e. The first-order valence-electron chi connectivity index (χ1n) is 11.0. The summed E-state index contributed by atoms with van der Waals surface area (Å²) in [6.07, 6.45) is 10.1. The highest BCUT2D eigenvalue weighted by atomic mass is 16.6. The molecule has 5 unspecified atom stereocenters. The molecule has 4 rings (SSSR count). The number of carbonyl (C=O) groups excluding carboxylic acids is 2. The molecule has 2 aliphatic carbocycles. The maximum atomic E-state index is 13.1. The van der Waals surface area contributed by atoms with E-state index in [-0.39, 0.29) is 40.7 Å². The second-order valence-corrected chi connectivity index (χ2v) is 10.0. The van der Waals surface area contributed by atoms with Crippen molar-refractivity contribution in [3.63, 3.8) is 0 Å². The summed E-state index contributed by atoms with van der Waals surface area (Å²) in [6.45, 7) is 10.4. The topological polar surface area (TPSA) is 65.7 Å². The lowest BCUT2D eigenvalue weighted by molar-refractivity contribution is -0.172. The predicted octanol–water partition coefficient (Wildman–Crippen LogP) is 5.53. The van der Waals surface area contributed by atoms with Crippen LogP contribution < -0.4 is 0 Å². The van der Waals surface area contributed by atoms with E-state index < -0.39 is 6.10 Å². The molecule has 1 aromatic heterocycles. The fraction of sp³-hybridized carbons (Fsp3) is 0.600. The summed E-state index contributed by atoms with van der Waals surface area (Å²) in [7, 11) is 0. The van der Waals surface area contributed by atoms with Gasteiger partial charge in [0.15, 0.2) is 0 Å². The Kier molecular flexibility index (Phi) is 5.19. The molecule has 0 amide bonds. The first kappa shape index (κ1) is 21.0. The molecule has 1 aliphatic heterocycles. The molecule has 0 bridgehead atoms. The molecule has 0 spiro atoms. The van der Waals surface area contributed by atoms with Crippen LogP contribution in [0, 0.1) is 22.7 Å². The van der Waals surface area contributed by atoms with E-state index in [4.69, 9.17) is 13.9 Å². The van der Waals surface area contributed by atoms with E-state index >= 15 is 0 Å². The van der Waals surface area contributed by atoms with E-state index in [1.54, 1.807) is 25.5 Å². The molecule has 1 aromatic rings. The SMILES string of the molecule is CC=C(C)C(=O)OC1C=C2C(=O)OC(c3ccoc3)CC2C2(C)CCCC(C)(C)C12. The number of ether oxygens (including phenoxy) is 2. The van der Waals surface area contributed by atoms with Gasteiger partial charge in [0.05, 0.1) is 12.5 Å². The van der Waals surface area contributed by atoms with Crippen molar-refractivity contribution in [1.82, 2.24) is 0 Å². The Balaban J connectivity index is 1.76. The highest BCUT2D eigenvalue weighted by Gasteiger charge is 2.59. The highest BCUT2D eigenvalue weighted by Crippen LogP contribution is 2.63. The number of cyclic esters (lactones) is 1. The van der Waals surface area contributed by atoms with Crippen molar-refractivity contribution >= 4 is 11.9 Å². The first-order chi connectivity index (χ1) is 14.2. The van der Waals surface area contributed by atoms with Crippen molar-refractivity contribution in [2.75, 3.05) is 0 Å². The van der Waals surface area contributed by atoms with Crippen molar-refractivity contribution in [3.8, 4) is 0 Å². The van der Waals surface area contributed by atoms with Crippen LogP contribution in [0.5, 0.6) is 0 Å². The van der Waals surface area contributed by atoms with E-state index in [9.17, 15) is 9.59 Å². The quantitative estimate of drug-likeness (QED) is 0.482. The third-order valence-electron chi connectivity index (χ3n) is 7.78. The first-order valence-corrected chi connectivity index (χ1v) is 11.0. The molecule has 162 valence electrons. The molecule has 30 heavy (non-hydrogen) atoms. The van der Waals surface area contributed by atoms with Crippen LogP contribution in [0.2, 0.25) is 0 Å². The third kappa shape index (κ3) is 3.32. The van der Waals surface area contributed by atoms with Crippen molar-refractivity contribution < 1.29 is 23.5 Å². The van der Waals surface area contributed by atoms with Crippen LogP contribution in [-0.2, 0) is 19.1 Å². The summed E-state index contributed by atoms with van der Waals surface area (Å²) in [5.41, 5.74) is 1.99. The fourth-order valence-corrected chi connectivity index (χ4v) is 6.25. The summed E-state index contributed by atoms with van der Waals surface area (Å²) in [5, 5.41) is 0. The Hall–Kier alpha value is -2.30. The number of fused-ring (bicyclic) bond motifs is 3. The van der Waals surface area contributed by atoms with Crippen LogP contribution in [0.1, 0.15) is 72.0 Å². The van der Waals surface area contributed by atoms with Gasteiger partial charge in [-0.15, -0.1) is 0 Å². The molecule has 2 heterocycles. The van der Waals surface area contributed by atoms with Crippen molar-refractivity contribution in [1.29, 1.82) is 0 Å². The summed E-state index contributed by atoms with van der Waals surface area (Å²) in [5.74, 6) is -0.413. The Labute approximate surface area is 178 Å². The van der Waals surface area contributed by atoms with E-state index in [0.717, 1.165) is 31.2 Å². The summed E-state index contributed by atoms with van der Waals surface area (Å²) < 4.78 is 17.0. The Bertz CT molecular complexity index is 891. The second-order valence-electron chi connectivity index (χ2n) is 10.0. The zero-order chi connectivity index (χ0) is 21.7. The molecule has 2 fully saturated rings. The minimum atomic E-state index is -0.433. The van der Waals surface area contributed by atoms with Crippen LogP contribution in [0.15, 0.2) is 46.3 Å². The fourth-order valence-electron chi connectivity index (χ4n) is 6.25. The molecule has 5 nitrogen and oxygen atoms in total. The van der Waals surface area contributed by atoms with Gasteiger partial charge in [0.1, 0.15) is 12.2 Å². The number of allylic oxidation sites excluding steroid dienone is 1. The van der Waals surface area contributed by atoms with Gasteiger partial charge in [-0.1, -0.05) is 33.3 Å². The third-order valence-corrected chi connectivity index (χ3v) is 7.78. The number of esters is 2. The largest absolute Gasteiger partial charge is 0.472 e. The molecule has 0 N–H and O–H groups in total. The number of furan rings is 1. The van der Waals surface area contributed by atoms with E-state index in [2.05, 4.69) is 20.8 Å². The van der Waals surface area contributed by atoms with Crippen LogP contribution >= 0.6 is 0 Å². The maximum Gasteiger partial charge on any atom is 0.334 e. The number of hydrogen-bond acceptors (Lipinski definition) is 5. The highest BCUT2D eigenvalue weighted by molar-refractivity contribution is 5.91. The van der Waals surface area contributed by atoms with Crippen LogP contribution in [0.25, 0.3) is 0 Å². The van der Waals surface area contributed by atoms with Gasteiger partial charge in [0.2, 0.25) is 0 Å². The molecular formula is C25H32O5. The molecule has 0 radical (unpaired) electrons. The van der Waals surface area contributed by atoms with Crippen LogP contribution in [0.4, 0.5) is 0 Å². The van der Waals surface area contributed by atoms with E-state index in [0.29, 0.717) is 11.1 Å². The van der Waals surface area contributed by atoms with Gasteiger partial charge in [-0.25, -0.2) is 9.59 Å². The van der Waals surface area contributed by atoms with Gasteiger partial charge in [-0.2, -0.15) is 0 Å². The second kappa shape index (κ2) is 7.44. The van der Waals surface area contributed by atoms with Gasteiger partial charge in [0, 0.05) is 28.5 Å². The Morgan fingerprint density at radius 2 is 2.03 bits per heavy atom. The zero-order valence-electron chi connectivity index (χ0n) is 18.6. The molecule has 1 saturated carbocycles. The summed E-state index contributed by atoms with van der Waals surface area (Å²) in [6, 6.07) is 1.87. The van der Waals surface area contributed by atoms with Gasteiger partial charge in [-0.05, 0) is 56.1 Å². The normalized spacial score (nSPS) is 35.6. The smallest absolute Gasteiger partial charge is 0.334 e. The predicted molar refractivity (Wildman–Crippen MR) is 112 cm³/mol. The van der Waals surface area contributed by atoms with Gasteiger partial charge < -0.3 is 13.9 Å². The lowest BCUT2D eigenvalue weighted by Crippen LogP contribution is -2.57. The summed E-state index contributed by atoms with van der Waals surface area (Å²) >= 11 is 0. The average molecular weight is 413 g/mol. The molecular weight excluding hydrogens is 380 g/mol. The molecule has 5 heteroatoms. The van der Waals surface area contributed by atoms with E-state index in [1.165, 1.54) is 0 Å². The standard InChI is InChI=1S/C25H32O5/c1-6-15(2)22(26)30-20-12-17-18(25(5)10-7-9-24(3,4)21(20)25)13-19(29-23(17)27)16-8-11-28-14-16/h6,8,11-12,14,18-21H,7,9-10,13H2,1-5H3. The van der Waals surface area contributed by atoms with Gasteiger partial charge in [-0.3, -0.25) is 0 Å². The monoisotopic (exact) mass is 412 g/mol. The zero-order valence-corrected chi connectivity index (χ0v) is 18.6. The number of hydrogen-bond donors (Lipinski definition) is 0. The van der Waals surface area contributed by atoms with Crippen LogP contribution in [-0.4, -0.2) is 18.0 Å². The van der Waals surface area contributed by atoms with Crippen molar-refractivity contribution in [3.05, 3.63) is 47.5 Å².